The summed E-state index contributed by atoms with van der Waals surface area (Å²) in [4.78, 5) is 0. The molecule has 0 spiro atoms. The van der Waals surface area contributed by atoms with Crippen LogP contribution in [0.4, 0.5) is 0 Å². The molecule has 1 heterocycles. The topological polar surface area (TPSA) is 46.6 Å². The van der Waals surface area contributed by atoms with Gasteiger partial charge >= 0.3 is 0 Å². The van der Waals surface area contributed by atoms with Crippen LogP contribution in [0.15, 0.2) is 60.7 Å². The first kappa shape index (κ1) is 17.1. The van der Waals surface area contributed by atoms with Crippen molar-refractivity contribution in [3.8, 4) is 0 Å². The number of ether oxygens (including phenoxy) is 1. The first-order valence-electron chi connectivity index (χ1n) is 8.30. The summed E-state index contributed by atoms with van der Waals surface area (Å²) >= 11 is 0. The van der Waals surface area contributed by atoms with Gasteiger partial charge in [-0.15, -0.1) is 0 Å². The number of hydrogen-bond donors (Lipinski definition) is 0. The summed E-state index contributed by atoms with van der Waals surface area (Å²) in [6.07, 6.45) is 0.777. The van der Waals surface area contributed by atoms with Crippen molar-refractivity contribution < 1.29 is 13.2 Å². The molecule has 3 rings (SSSR count). The highest BCUT2D eigenvalue weighted by Gasteiger charge is 2.38. The molecule has 128 valence electrons. The van der Waals surface area contributed by atoms with Crippen molar-refractivity contribution in [2.45, 2.75) is 32.1 Å². The smallest absolute Gasteiger partial charge is 0.216 e. The summed E-state index contributed by atoms with van der Waals surface area (Å²) in [5.74, 6) is 0.150. The fourth-order valence-electron chi connectivity index (χ4n) is 3.07. The van der Waals surface area contributed by atoms with E-state index in [4.69, 9.17) is 4.74 Å². The van der Waals surface area contributed by atoms with Gasteiger partial charge in [-0.3, -0.25) is 0 Å². The lowest BCUT2D eigenvalue weighted by Gasteiger charge is -2.19. The monoisotopic (exact) mass is 345 g/mol. The lowest BCUT2D eigenvalue weighted by molar-refractivity contribution is 0.0344. The van der Waals surface area contributed by atoms with Crippen molar-refractivity contribution in [2.75, 3.05) is 12.3 Å². The Kier molecular flexibility index (Phi) is 5.33. The summed E-state index contributed by atoms with van der Waals surface area (Å²) in [6.45, 7) is 2.19. The van der Waals surface area contributed by atoms with E-state index in [0.29, 0.717) is 13.0 Å². The van der Waals surface area contributed by atoms with Crippen LogP contribution in [-0.4, -0.2) is 31.2 Å². The average Bonchev–Trinajstić information content (AvgIpc) is 2.99. The molecule has 0 saturated carbocycles. The lowest BCUT2D eigenvalue weighted by atomic mass is 10.1. The van der Waals surface area contributed by atoms with Crippen LogP contribution < -0.4 is 0 Å². The third kappa shape index (κ3) is 4.04. The fourth-order valence-corrected chi connectivity index (χ4v) is 4.68. The SMILES string of the molecule is CC1OC(c2ccccc2)CN1S(=O)(=O)CCCc1ccccc1. The van der Waals surface area contributed by atoms with Gasteiger partial charge in [0.15, 0.2) is 0 Å². The minimum atomic E-state index is -3.31. The van der Waals surface area contributed by atoms with Gasteiger partial charge in [-0.2, -0.15) is 4.31 Å². The average molecular weight is 345 g/mol. The second-order valence-electron chi connectivity index (χ2n) is 6.11. The predicted octanol–water partition coefficient (Wildman–Crippen LogP) is 3.37. The highest BCUT2D eigenvalue weighted by Crippen LogP contribution is 2.30. The lowest BCUT2D eigenvalue weighted by Crippen LogP contribution is -2.36. The van der Waals surface area contributed by atoms with Gasteiger partial charge in [-0.05, 0) is 30.9 Å². The van der Waals surface area contributed by atoms with E-state index < -0.39 is 16.3 Å². The Bertz CT molecular complexity index is 747. The molecule has 2 aromatic carbocycles. The summed E-state index contributed by atoms with van der Waals surface area (Å²) in [5, 5.41) is 0. The summed E-state index contributed by atoms with van der Waals surface area (Å²) in [6, 6.07) is 19.8. The van der Waals surface area contributed by atoms with E-state index in [1.165, 1.54) is 9.87 Å². The Morgan fingerprint density at radius 3 is 2.33 bits per heavy atom. The molecule has 0 aliphatic carbocycles. The van der Waals surface area contributed by atoms with Gasteiger partial charge in [-0.25, -0.2) is 8.42 Å². The molecule has 4 nitrogen and oxygen atoms in total. The minimum absolute atomic E-state index is 0.150. The van der Waals surface area contributed by atoms with Crippen LogP contribution >= 0.6 is 0 Å². The van der Waals surface area contributed by atoms with Crippen molar-refractivity contribution in [3.05, 3.63) is 71.8 Å². The molecule has 0 aromatic heterocycles. The minimum Gasteiger partial charge on any atom is -0.353 e. The normalized spacial score (nSPS) is 21.9. The highest BCUT2D eigenvalue weighted by atomic mass is 32.2. The molecule has 1 aliphatic rings. The standard InChI is InChI=1S/C19H23NO3S/c1-16-20(15-19(23-16)18-12-6-3-7-13-18)24(21,22)14-8-11-17-9-4-2-5-10-17/h2-7,9-10,12-13,16,19H,8,11,14-15H2,1H3. The van der Waals surface area contributed by atoms with Crippen molar-refractivity contribution in [2.24, 2.45) is 0 Å². The van der Waals surface area contributed by atoms with Gasteiger partial charge in [0, 0.05) is 6.54 Å². The third-order valence-electron chi connectivity index (χ3n) is 4.35. The van der Waals surface area contributed by atoms with Crippen molar-refractivity contribution >= 4 is 10.0 Å². The molecule has 0 amide bonds. The van der Waals surface area contributed by atoms with Crippen molar-refractivity contribution in [3.63, 3.8) is 0 Å². The number of rotatable bonds is 6. The van der Waals surface area contributed by atoms with E-state index in [0.717, 1.165) is 12.0 Å². The van der Waals surface area contributed by atoms with E-state index in [2.05, 4.69) is 0 Å². The Balaban J connectivity index is 1.60. The van der Waals surface area contributed by atoms with Gasteiger partial charge in [-0.1, -0.05) is 60.7 Å². The van der Waals surface area contributed by atoms with Crippen molar-refractivity contribution in [1.82, 2.24) is 4.31 Å². The van der Waals surface area contributed by atoms with E-state index in [-0.39, 0.29) is 11.9 Å². The van der Waals surface area contributed by atoms with Gasteiger partial charge in [0.05, 0.1) is 11.9 Å². The fraction of sp³-hybridized carbons (Fsp3) is 0.368. The number of sulfonamides is 1. The quantitative estimate of drug-likeness (QED) is 0.806. The molecular weight excluding hydrogens is 322 g/mol. The number of nitrogens with zero attached hydrogens (tertiary/aromatic N) is 1. The second kappa shape index (κ2) is 7.47. The van der Waals surface area contributed by atoms with E-state index in [1.54, 1.807) is 6.92 Å². The van der Waals surface area contributed by atoms with E-state index >= 15 is 0 Å². The maximum absolute atomic E-state index is 12.7. The largest absolute Gasteiger partial charge is 0.353 e. The van der Waals surface area contributed by atoms with E-state index in [9.17, 15) is 8.42 Å². The molecule has 2 atom stereocenters. The van der Waals surface area contributed by atoms with Crippen LogP contribution in [0.2, 0.25) is 0 Å². The summed E-state index contributed by atoms with van der Waals surface area (Å²) < 4.78 is 32.7. The summed E-state index contributed by atoms with van der Waals surface area (Å²) in [5.41, 5.74) is 2.19. The molecule has 1 aliphatic heterocycles. The Morgan fingerprint density at radius 1 is 1.04 bits per heavy atom. The molecule has 2 unspecified atom stereocenters. The maximum Gasteiger partial charge on any atom is 0.216 e. The van der Waals surface area contributed by atoms with Crippen LogP contribution in [0.3, 0.4) is 0 Å². The maximum atomic E-state index is 12.7. The Morgan fingerprint density at radius 2 is 1.67 bits per heavy atom. The van der Waals surface area contributed by atoms with Crippen LogP contribution in [0.25, 0.3) is 0 Å². The predicted molar refractivity (Wildman–Crippen MR) is 95.0 cm³/mol. The molecular formula is C19H23NO3S. The number of benzene rings is 2. The van der Waals surface area contributed by atoms with Gasteiger partial charge in [0.1, 0.15) is 6.23 Å². The van der Waals surface area contributed by atoms with Gasteiger partial charge in [0.2, 0.25) is 10.0 Å². The highest BCUT2D eigenvalue weighted by molar-refractivity contribution is 7.89. The molecule has 0 radical (unpaired) electrons. The van der Waals surface area contributed by atoms with Crippen LogP contribution in [0, 0.1) is 0 Å². The van der Waals surface area contributed by atoms with E-state index in [1.807, 2.05) is 60.7 Å². The summed E-state index contributed by atoms with van der Waals surface area (Å²) in [7, 11) is -3.31. The molecule has 24 heavy (non-hydrogen) atoms. The van der Waals surface area contributed by atoms with Gasteiger partial charge < -0.3 is 4.74 Å². The first-order chi connectivity index (χ1) is 11.6. The first-order valence-corrected chi connectivity index (χ1v) is 9.91. The molecule has 0 bridgehead atoms. The zero-order valence-electron chi connectivity index (χ0n) is 13.8. The van der Waals surface area contributed by atoms with Crippen LogP contribution in [-0.2, 0) is 21.2 Å². The van der Waals surface area contributed by atoms with Crippen LogP contribution in [0.1, 0.15) is 30.6 Å². The second-order valence-corrected chi connectivity index (χ2v) is 8.15. The third-order valence-corrected chi connectivity index (χ3v) is 6.32. The zero-order chi connectivity index (χ0) is 17.0. The number of hydrogen-bond acceptors (Lipinski definition) is 3. The molecule has 1 fully saturated rings. The molecule has 5 heteroatoms. The van der Waals surface area contributed by atoms with Crippen LogP contribution in [0.5, 0.6) is 0 Å². The molecule has 1 saturated heterocycles. The zero-order valence-corrected chi connectivity index (χ0v) is 14.7. The Labute approximate surface area is 144 Å². The molecule has 0 N–H and O–H groups in total. The molecule has 2 aromatic rings. The number of aryl methyl sites for hydroxylation is 1. The van der Waals surface area contributed by atoms with Crippen molar-refractivity contribution in [1.29, 1.82) is 0 Å². The Hall–Kier alpha value is -1.69. The van der Waals surface area contributed by atoms with Gasteiger partial charge in [0.25, 0.3) is 0 Å².